The molecule has 0 saturated heterocycles. The van der Waals surface area contributed by atoms with Crippen molar-refractivity contribution in [3.8, 4) is 0 Å². The molecule has 9 nitrogen and oxygen atoms in total. The van der Waals surface area contributed by atoms with Gasteiger partial charge in [0.2, 0.25) is 5.91 Å². The second-order valence-electron chi connectivity index (χ2n) is 9.46. The van der Waals surface area contributed by atoms with Crippen LogP contribution in [0.15, 0.2) is 71.3 Å². The Kier molecular flexibility index (Phi) is 11.3. The Hall–Kier alpha value is -3.95. The number of rotatable bonds is 15. The molecule has 1 heterocycles. The van der Waals surface area contributed by atoms with Crippen molar-refractivity contribution in [2.75, 3.05) is 19.6 Å². The number of esters is 1. The maximum Gasteiger partial charge on any atom is 0.338 e. The number of primary amides is 1. The van der Waals surface area contributed by atoms with Crippen molar-refractivity contribution in [2.45, 2.75) is 51.8 Å². The van der Waals surface area contributed by atoms with Gasteiger partial charge < -0.3 is 30.8 Å². The van der Waals surface area contributed by atoms with Crippen LogP contribution < -0.4 is 16.8 Å². The molecule has 9 heteroatoms. The molecule has 0 bridgehead atoms. The summed E-state index contributed by atoms with van der Waals surface area (Å²) in [5.41, 5.74) is 13.4. The lowest BCUT2D eigenvalue weighted by Gasteiger charge is -2.25. The zero-order valence-electron chi connectivity index (χ0n) is 22.6. The van der Waals surface area contributed by atoms with Crippen LogP contribution in [-0.2, 0) is 17.7 Å². The predicted molar refractivity (Wildman–Crippen MR) is 149 cm³/mol. The predicted octanol–water partition coefficient (Wildman–Crippen LogP) is 3.53. The summed E-state index contributed by atoms with van der Waals surface area (Å²) < 4.78 is 11.3. The van der Waals surface area contributed by atoms with Crippen LogP contribution in [0.1, 0.15) is 69.1 Å². The van der Waals surface area contributed by atoms with Crippen LogP contribution in [0.5, 0.6) is 0 Å². The van der Waals surface area contributed by atoms with Crippen molar-refractivity contribution < 1.29 is 23.5 Å². The Morgan fingerprint density at radius 3 is 2.23 bits per heavy atom. The first-order valence-corrected chi connectivity index (χ1v) is 13.3. The van der Waals surface area contributed by atoms with Gasteiger partial charge in [-0.15, -0.1) is 0 Å². The lowest BCUT2D eigenvalue weighted by atomic mass is 10.0. The molecule has 0 spiro atoms. The van der Waals surface area contributed by atoms with Crippen LogP contribution in [-0.4, -0.2) is 54.5 Å². The van der Waals surface area contributed by atoms with E-state index >= 15 is 0 Å². The number of hydrogen-bond acceptors (Lipinski definition) is 7. The highest BCUT2D eigenvalue weighted by Gasteiger charge is 2.26. The van der Waals surface area contributed by atoms with E-state index in [9.17, 15) is 14.4 Å². The highest BCUT2D eigenvalue weighted by Crippen LogP contribution is 2.17. The number of amides is 2. The number of carbonyl (C=O) groups excluding carboxylic acids is 3. The molecule has 3 aromatic rings. The summed E-state index contributed by atoms with van der Waals surface area (Å²) in [7, 11) is 0. The van der Waals surface area contributed by atoms with E-state index in [1.807, 2.05) is 50.2 Å². The molecule has 208 valence electrons. The van der Waals surface area contributed by atoms with E-state index in [1.54, 1.807) is 17.2 Å². The molecule has 2 aromatic carbocycles. The van der Waals surface area contributed by atoms with Crippen molar-refractivity contribution in [1.82, 2.24) is 10.2 Å². The van der Waals surface area contributed by atoms with Crippen molar-refractivity contribution in [3.05, 3.63) is 94.9 Å². The van der Waals surface area contributed by atoms with Crippen molar-refractivity contribution in [3.63, 3.8) is 0 Å². The van der Waals surface area contributed by atoms with Crippen LogP contribution >= 0.6 is 0 Å². The minimum Gasteiger partial charge on any atom is -0.469 e. The number of nitrogens with zero attached hydrogens (tertiary/aromatic N) is 1. The normalized spacial score (nSPS) is 12.5. The first kappa shape index (κ1) is 29.6. The minimum absolute atomic E-state index is 0.0550. The molecule has 0 aliphatic heterocycles. The van der Waals surface area contributed by atoms with E-state index in [4.69, 9.17) is 20.6 Å². The van der Waals surface area contributed by atoms with E-state index in [0.29, 0.717) is 31.8 Å². The van der Waals surface area contributed by atoms with Crippen molar-refractivity contribution >= 4 is 17.8 Å². The summed E-state index contributed by atoms with van der Waals surface area (Å²) in [5, 5.41) is 3.30. The largest absolute Gasteiger partial charge is 0.469 e. The smallest absolute Gasteiger partial charge is 0.338 e. The molecule has 0 unspecified atom stereocenters. The van der Waals surface area contributed by atoms with Gasteiger partial charge in [0, 0.05) is 49.8 Å². The number of nitrogens with one attached hydrogen (secondary N) is 1. The molecule has 0 fully saturated rings. The Morgan fingerprint density at radius 1 is 0.949 bits per heavy atom. The molecule has 0 aliphatic rings. The van der Waals surface area contributed by atoms with Gasteiger partial charge in [0.1, 0.15) is 11.9 Å². The van der Waals surface area contributed by atoms with E-state index in [0.717, 1.165) is 18.4 Å². The lowest BCUT2D eigenvalue weighted by Crippen LogP contribution is -2.45. The van der Waals surface area contributed by atoms with Crippen LogP contribution in [0.25, 0.3) is 0 Å². The summed E-state index contributed by atoms with van der Waals surface area (Å²) in [6, 6.07) is 17.0. The quantitative estimate of drug-likeness (QED) is 0.253. The molecule has 0 aliphatic carbocycles. The topological polar surface area (TPSA) is 141 Å². The van der Waals surface area contributed by atoms with Gasteiger partial charge in [-0.2, -0.15) is 0 Å². The maximum absolute atomic E-state index is 13.4. The second kappa shape index (κ2) is 14.8. The number of ether oxygens (including phenoxy) is 1. The fraction of sp³-hybridized carbons (Fsp3) is 0.367. The summed E-state index contributed by atoms with van der Waals surface area (Å²) in [6.07, 6.45) is 2.75. The standard InChI is InChI=1S/C30H38N4O5/c1-3-12-34(13-4-2)29(36)23-15-22(28(32)35)16-24(17-23)30(37)39-27(26(31)18-25-11-8-14-38-25)20-33-19-21-9-6-5-7-10-21/h5-11,14-17,26-27,33H,3-4,12-13,18-20,31H2,1-2H3,(H2,32,35)/t26-,27-/m1/s1. The van der Waals surface area contributed by atoms with Crippen molar-refractivity contribution in [1.29, 1.82) is 0 Å². The molecule has 0 radical (unpaired) electrons. The lowest BCUT2D eigenvalue weighted by molar-refractivity contribution is 0.0234. The average Bonchev–Trinajstić information content (AvgIpc) is 3.45. The van der Waals surface area contributed by atoms with Gasteiger partial charge in [-0.05, 0) is 48.7 Å². The third-order valence-corrected chi connectivity index (χ3v) is 6.24. The fourth-order valence-electron chi connectivity index (χ4n) is 4.28. The average molecular weight is 535 g/mol. The summed E-state index contributed by atoms with van der Waals surface area (Å²) in [6.45, 7) is 5.93. The number of nitrogens with two attached hydrogens (primary N) is 2. The molecule has 5 N–H and O–H groups in total. The molecular formula is C30H38N4O5. The SMILES string of the molecule is CCCN(CCC)C(=O)c1cc(C(N)=O)cc(C(=O)O[C@H](CNCc2ccccc2)[C@H](N)Cc2ccco2)c1. The molecule has 39 heavy (non-hydrogen) atoms. The molecule has 1 aromatic heterocycles. The van der Waals surface area contributed by atoms with Gasteiger partial charge in [0.05, 0.1) is 11.8 Å². The van der Waals surface area contributed by atoms with E-state index in [1.165, 1.54) is 18.2 Å². The Balaban J connectivity index is 1.82. The fourth-order valence-corrected chi connectivity index (χ4v) is 4.28. The molecule has 2 atom stereocenters. The van der Waals surface area contributed by atoms with Crippen LogP contribution in [0.2, 0.25) is 0 Å². The van der Waals surface area contributed by atoms with E-state index < -0.39 is 24.0 Å². The summed E-state index contributed by atoms with van der Waals surface area (Å²) in [4.78, 5) is 40.4. The first-order valence-electron chi connectivity index (χ1n) is 13.3. The number of furan rings is 1. The highest BCUT2D eigenvalue weighted by atomic mass is 16.5. The number of carbonyl (C=O) groups is 3. The van der Waals surface area contributed by atoms with E-state index in [-0.39, 0.29) is 29.1 Å². The van der Waals surface area contributed by atoms with Crippen molar-refractivity contribution in [2.24, 2.45) is 11.5 Å². The summed E-state index contributed by atoms with van der Waals surface area (Å²) >= 11 is 0. The highest BCUT2D eigenvalue weighted by molar-refractivity contribution is 6.03. The monoisotopic (exact) mass is 534 g/mol. The third kappa shape index (κ3) is 8.80. The Labute approximate surface area is 229 Å². The van der Waals surface area contributed by atoms with Gasteiger partial charge >= 0.3 is 5.97 Å². The zero-order valence-corrected chi connectivity index (χ0v) is 22.6. The zero-order chi connectivity index (χ0) is 28.2. The number of benzene rings is 2. The van der Waals surface area contributed by atoms with Crippen LogP contribution in [0.4, 0.5) is 0 Å². The molecule has 0 saturated carbocycles. The van der Waals surface area contributed by atoms with Gasteiger partial charge in [-0.1, -0.05) is 44.2 Å². The van der Waals surface area contributed by atoms with Gasteiger partial charge in [-0.3, -0.25) is 9.59 Å². The third-order valence-electron chi connectivity index (χ3n) is 6.24. The van der Waals surface area contributed by atoms with Crippen LogP contribution in [0, 0.1) is 0 Å². The minimum atomic E-state index is -0.744. The molecule has 2 amide bonds. The van der Waals surface area contributed by atoms with Gasteiger partial charge in [-0.25, -0.2) is 4.79 Å². The maximum atomic E-state index is 13.4. The van der Waals surface area contributed by atoms with Gasteiger partial charge in [0.25, 0.3) is 5.91 Å². The first-order chi connectivity index (χ1) is 18.8. The Bertz CT molecular complexity index is 1210. The van der Waals surface area contributed by atoms with E-state index in [2.05, 4.69) is 5.32 Å². The number of hydrogen-bond donors (Lipinski definition) is 3. The van der Waals surface area contributed by atoms with Gasteiger partial charge in [0.15, 0.2) is 0 Å². The summed E-state index contributed by atoms with van der Waals surface area (Å²) in [5.74, 6) is -1.05. The Morgan fingerprint density at radius 2 is 1.62 bits per heavy atom. The molecular weight excluding hydrogens is 496 g/mol. The molecule has 3 rings (SSSR count). The van der Waals surface area contributed by atoms with Crippen LogP contribution in [0.3, 0.4) is 0 Å². The second-order valence-corrected chi connectivity index (χ2v) is 9.46.